The number of hydrogen-bond donors (Lipinski definition) is 1. The summed E-state index contributed by atoms with van der Waals surface area (Å²) in [5.74, 6) is 0.903. The average Bonchev–Trinajstić information content (AvgIpc) is 2.05. The molecule has 0 aromatic rings. The lowest BCUT2D eigenvalue weighted by Gasteiger charge is -2.26. The fraction of sp³-hybridized carbons (Fsp3) is 0.909. The molecule has 0 heterocycles. The van der Waals surface area contributed by atoms with Crippen LogP contribution in [-0.4, -0.2) is 6.04 Å². The summed E-state index contributed by atoms with van der Waals surface area (Å²) in [5, 5.41) is 0. The summed E-state index contributed by atoms with van der Waals surface area (Å²) in [5.41, 5.74) is 5.90. The maximum Gasteiger partial charge on any atom is 0.00442 e. The summed E-state index contributed by atoms with van der Waals surface area (Å²) in [7, 11) is 0. The lowest BCUT2D eigenvalue weighted by atomic mass is 9.83. The van der Waals surface area contributed by atoms with Gasteiger partial charge in [0.1, 0.15) is 0 Å². The monoisotopic (exact) mass is 168 g/mol. The van der Waals surface area contributed by atoms with E-state index in [0.29, 0.717) is 6.04 Å². The van der Waals surface area contributed by atoms with E-state index in [1.54, 1.807) is 0 Å². The fourth-order valence-electron chi connectivity index (χ4n) is 2.09. The van der Waals surface area contributed by atoms with E-state index in [-0.39, 0.29) is 0 Å². The standard InChI is InChI=1S/C11H22N/c1-2-3-4-6-10-7-5-8-11(12)9-10/h5,10-11H,2-4,6-9,12H2,1H3. The Morgan fingerprint density at radius 2 is 2.17 bits per heavy atom. The molecule has 2 atom stereocenters. The van der Waals surface area contributed by atoms with Gasteiger partial charge in [-0.15, -0.1) is 0 Å². The maximum atomic E-state index is 5.90. The van der Waals surface area contributed by atoms with E-state index in [9.17, 15) is 0 Å². The normalized spacial score (nSPS) is 30.5. The Morgan fingerprint density at radius 3 is 2.83 bits per heavy atom. The Labute approximate surface area is 76.7 Å². The molecule has 1 radical (unpaired) electrons. The van der Waals surface area contributed by atoms with Crippen molar-refractivity contribution >= 4 is 0 Å². The zero-order valence-electron chi connectivity index (χ0n) is 8.26. The third kappa shape index (κ3) is 3.57. The first kappa shape index (κ1) is 10.0. The molecule has 1 rings (SSSR count). The second-order valence-electron chi connectivity index (χ2n) is 4.12. The van der Waals surface area contributed by atoms with Gasteiger partial charge in [0.2, 0.25) is 0 Å². The van der Waals surface area contributed by atoms with Gasteiger partial charge in [-0.05, 0) is 31.6 Å². The van der Waals surface area contributed by atoms with E-state index < -0.39 is 0 Å². The van der Waals surface area contributed by atoms with Gasteiger partial charge in [-0.1, -0.05) is 32.6 Å². The second-order valence-corrected chi connectivity index (χ2v) is 4.12. The highest BCUT2D eigenvalue weighted by molar-refractivity contribution is 4.84. The highest BCUT2D eigenvalue weighted by Gasteiger charge is 2.18. The fourth-order valence-corrected chi connectivity index (χ4v) is 2.09. The topological polar surface area (TPSA) is 26.0 Å². The first-order chi connectivity index (χ1) is 5.83. The zero-order chi connectivity index (χ0) is 8.81. The van der Waals surface area contributed by atoms with Gasteiger partial charge < -0.3 is 5.73 Å². The van der Waals surface area contributed by atoms with Crippen LogP contribution in [0.1, 0.15) is 51.9 Å². The Morgan fingerprint density at radius 1 is 1.33 bits per heavy atom. The summed E-state index contributed by atoms with van der Waals surface area (Å²) in [6.45, 7) is 2.26. The molecule has 1 heteroatoms. The van der Waals surface area contributed by atoms with Crippen molar-refractivity contribution in [2.75, 3.05) is 0 Å². The van der Waals surface area contributed by atoms with Gasteiger partial charge in [0, 0.05) is 6.04 Å². The summed E-state index contributed by atoms with van der Waals surface area (Å²) in [6, 6.07) is 0.463. The van der Waals surface area contributed by atoms with Crippen LogP contribution in [0, 0.1) is 12.3 Å². The highest BCUT2D eigenvalue weighted by atomic mass is 14.6. The van der Waals surface area contributed by atoms with Gasteiger partial charge in [0.25, 0.3) is 0 Å². The SMILES string of the molecule is CCCCCC1C[CH]CC(N)C1. The number of hydrogen-bond acceptors (Lipinski definition) is 1. The first-order valence-corrected chi connectivity index (χ1v) is 5.40. The zero-order valence-corrected chi connectivity index (χ0v) is 8.26. The van der Waals surface area contributed by atoms with Crippen LogP contribution in [0.15, 0.2) is 0 Å². The second kappa shape index (κ2) is 5.58. The van der Waals surface area contributed by atoms with Crippen molar-refractivity contribution in [1.29, 1.82) is 0 Å². The molecule has 2 N–H and O–H groups in total. The molecule has 0 aromatic heterocycles. The van der Waals surface area contributed by atoms with Crippen molar-refractivity contribution < 1.29 is 0 Å². The molecular weight excluding hydrogens is 146 g/mol. The molecular formula is C11H22N. The molecule has 1 fully saturated rings. The van der Waals surface area contributed by atoms with E-state index in [1.165, 1.54) is 38.5 Å². The van der Waals surface area contributed by atoms with Crippen LogP contribution in [0.4, 0.5) is 0 Å². The van der Waals surface area contributed by atoms with Crippen LogP contribution in [0.25, 0.3) is 0 Å². The molecule has 0 aromatic carbocycles. The van der Waals surface area contributed by atoms with Crippen LogP contribution in [0.2, 0.25) is 0 Å². The van der Waals surface area contributed by atoms with Gasteiger partial charge >= 0.3 is 0 Å². The van der Waals surface area contributed by atoms with Gasteiger partial charge in [-0.25, -0.2) is 0 Å². The van der Waals surface area contributed by atoms with Gasteiger partial charge in [0.05, 0.1) is 0 Å². The van der Waals surface area contributed by atoms with Crippen molar-refractivity contribution in [3.05, 3.63) is 6.42 Å². The molecule has 0 bridgehead atoms. The molecule has 1 saturated carbocycles. The molecule has 1 aliphatic rings. The van der Waals surface area contributed by atoms with E-state index in [4.69, 9.17) is 5.73 Å². The first-order valence-electron chi connectivity index (χ1n) is 5.40. The molecule has 71 valence electrons. The summed E-state index contributed by atoms with van der Waals surface area (Å²) >= 11 is 0. The van der Waals surface area contributed by atoms with Crippen LogP contribution in [-0.2, 0) is 0 Å². The minimum absolute atomic E-state index is 0.463. The third-order valence-corrected chi connectivity index (χ3v) is 2.82. The molecule has 2 unspecified atom stereocenters. The van der Waals surface area contributed by atoms with Crippen molar-refractivity contribution in [3.63, 3.8) is 0 Å². The predicted molar refractivity (Wildman–Crippen MR) is 53.8 cm³/mol. The smallest absolute Gasteiger partial charge is 0.00442 e. The Bertz CT molecular complexity index is 112. The van der Waals surface area contributed by atoms with Crippen LogP contribution in [0.5, 0.6) is 0 Å². The molecule has 0 spiro atoms. The average molecular weight is 168 g/mol. The quantitative estimate of drug-likeness (QED) is 0.642. The molecule has 0 amide bonds. The number of nitrogens with two attached hydrogens (primary N) is 1. The lowest BCUT2D eigenvalue weighted by molar-refractivity contribution is 0.344. The Balaban J connectivity index is 2.06. The largest absolute Gasteiger partial charge is 0.328 e. The lowest BCUT2D eigenvalue weighted by Crippen LogP contribution is -2.28. The molecule has 1 aliphatic carbocycles. The highest BCUT2D eigenvalue weighted by Crippen LogP contribution is 2.26. The van der Waals surface area contributed by atoms with Crippen molar-refractivity contribution in [2.24, 2.45) is 11.7 Å². The molecule has 12 heavy (non-hydrogen) atoms. The molecule has 0 aliphatic heterocycles. The summed E-state index contributed by atoms with van der Waals surface area (Å²) in [6.07, 6.45) is 11.6. The van der Waals surface area contributed by atoms with E-state index in [0.717, 1.165) is 12.3 Å². The Kier molecular flexibility index (Phi) is 4.67. The Hall–Kier alpha value is -0.0400. The van der Waals surface area contributed by atoms with Crippen LogP contribution in [0.3, 0.4) is 0 Å². The maximum absolute atomic E-state index is 5.90. The summed E-state index contributed by atoms with van der Waals surface area (Å²) < 4.78 is 0. The van der Waals surface area contributed by atoms with Gasteiger partial charge in [-0.2, -0.15) is 0 Å². The minimum Gasteiger partial charge on any atom is -0.328 e. The van der Waals surface area contributed by atoms with Crippen molar-refractivity contribution in [2.45, 2.75) is 57.9 Å². The predicted octanol–water partition coefficient (Wildman–Crippen LogP) is 2.90. The van der Waals surface area contributed by atoms with E-state index in [2.05, 4.69) is 13.3 Å². The minimum atomic E-state index is 0.463. The van der Waals surface area contributed by atoms with E-state index >= 15 is 0 Å². The molecule has 1 nitrogen and oxygen atoms in total. The number of rotatable bonds is 4. The van der Waals surface area contributed by atoms with Crippen LogP contribution < -0.4 is 5.73 Å². The number of unbranched alkanes of at least 4 members (excludes halogenated alkanes) is 2. The molecule has 0 saturated heterocycles. The van der Waals surface area contributed by atoms with Gasteiger partial charge in [-0.3, -0.25) is 0 Å². The third-order valence-electron chi connectivity index (χ3n) is 2.82. The van der Waals surface area contributed by atoms with E-state index in [1.807, 2.05) is 0 Å². The van der Waals surface area contributed by atoms with Crippen molar-refractivity contribution in [3.8, 4) is 0 Å². The van der Waals surface area contributed by atoms with Gasteiger partial charge in [0.15, 0.2) is 0 Å². The van der Waals surface area contributed by atoms with Crippen molar-refractivity contribution in [1.82, 2.24) is 0 Å². The van der Waals surface area contributed by atoms with Crippen LogP contribution >= 0.6 is 0 Å². The summed E-state index contributed by atoms with van der Waals surface area (Å²) in [4.78, 5) is 0.